The van der Waals surface area contributed by atoms with Crippen LogP contribution in [-0.2, 0) is 14.3 Å². The van der Waals surface area contributed by atoms with E-state index in [4.69, 9.17) is 4.74 Å². The zero-order chi connectivity index (χ0) is 29.4. The number of amides is 1. The van der Waals surface area contributed by atoms with Crippen LogP contribution in [0.4, 0.5) is 14.5 Å². The average Bonchev–Trinajstić information content (AvgIpc) is 2.95. The van der Waals surface area contributed by atoms with Gasteiger partial charge >= 0.3 is 5.97 Å². The minimum absolute atomic E-state index is 0.0351. The number of anilines is 1. The van der Waals surface area contributed by atoms with Crippen molar-refractivity contribution in [2.24, 2.45) is 0 Å². The van der Waals surface area contributed by atoms with Gasteiger partial charge < -0.3 is 10.1 Å². The van der Waals surface area contributed by atoms with Crippen molar-refractivity contribution in [3.05, 3.63) is 101 Å². The first-order chi connectivity index (χ1) is 19.7. The molecular weight excluding hydrogens is 524 g/mol. The van der Waals surface area contributed by atoms with E-state index in [1.165, 1.54) is 24.3 Å². The van der Waals surface area contributed by atoms with Crippen LogP contribution in [0.5, 0.6) is 0 Å². The normalized spacial score (nSPS) is 16.1. The van der Waals surface area contributed by atoms with Crippen molar-refractivity contribution >= 4 is 17.6 Å². The first-order valence-corrected chi connectivity index (χ1v) is 14.2. The number of carbonyl (C=O) groups excluding carboxylic acids is 2. The van der Waals surface area contributed by atoms with Gasteiger partial charge in [0.2, 0.25) is 5.91 Å². The Morgan fingerprint density at radius 3 is 2.07 bits per heavy atom. The topological polar surface area (TPSA) is 61.9 Å². The molecular formula is C33H39F2N3O3. The number of esters is 1. The molecule has 1 atom stereocenters. The molecule has 8 heteroatoms. The molecule has 1 saturated heterocycles. The van der Waals surface area contributed by atoms with E-state index in [1.54, 1.807) is 31.2 Å². The summed E-state index contributed by atoms with van der Waals surface area (Å²) < 4.78 is 32.6. The number of aryl methyl sites for hydroxylation is 2. The van der Waals surface area contributed by atoms with Crippen LogP contribution >= 0.6 is 0 Å². The van der Waals surface area contributed by atoms with Crippen molar-refractivity contribution in [2.45, 2.75) is 45.6 Å². The lowest BCUT2D eigenvalue weighted by molar-refractivity contribution is -0.152. The molecule has 1 N–H and O–H groups in total. The van der Waals surface area contributed by atoms with E-state index in [2.05, 4.69) is 10.2 Å². The maximum absolute atomic E-state index is 13.6. The van der Waals surface area contributed by atoms with Gasteiger partial charge in [-0.05, 0) is 86.7 Å². The first kappa shape index (κ1) is 30.3. The number of benzene rings is 3. The Morgan fingerprint density at radius 1 is 0.927 bits per heavy atom. The third-order valence-corrected chi connectivity index (χ3v) is 7.73. The molecule has 1 fully saturated rings. The number of nitrogens with one attached hydrogen (secondary N) is 1. The van der Waals surface area contributed by atoms with Gasteiger partial charge in [-0.1, -0.05) is 42.5 Å². The Morgan fingerprint density at radius 2 is 1.51 bits per heavy atom. The minimum Gasteiger partial charge on any atom is -0.465 e. The van der Waals surface area contributed by atoms with E-state index in [9.17, 15) is 18.4 Å². The zero-order valence-corrected chi connectivity index (χ0v) is 24.0. The summed E-state index contributed by atoms with van der Waals surface area (Å²) in [7, 11) is 0. The maximum Gasteiger partial charge on any atom is 0.324 e. The van der Waals surface area contributed by atoms with Crippen LogP contribution in [0.25, 0.3) is 0 Å². The molecule has 6 nitrogen and oxygen atoms in total. The molecule has 4 rings (SSSR count). The fraction of sp³-hybridized carbons (Fsp3) is 0.394. The van der Waals surface area contributed by atoms with E-state index >= 15 is 0 Å². The van der Waals surface area contributed by atoms with E-state index in [0.29, 0.717) is 26.2 Å². The number of hydrogen-bond donors (Lipinski definition) is 1. The highest BCUT2D eigenvalue weighted by Gasteiger charge is 2.34. The van der Waals surface area contributed by atoms with Crippen molar-refractivity contribution in [3.63, 3.8) is 0 Å². The second-order valence-electron chi connectivity index (χ2n) is 10.7. The average molecular weight is 564 g/mol. The van der Waals surface area contributed by atoms with Gasteiger partial charge in [-0.3, -0.25) is 19.4 Å². The van der Waals surface area contributed by atoms with Crippen LogP contribution in [0.15, 0.2) is 66.7 Å². The molecule has 0 spiro atoms. The lowest BCUT2D eigenvalue weighted by atomic mass is 9.87. The standard InChI is InChI=1S/C33H39F2N3O3/c1-4-41-33(40)30-21-37(22-31(39)36-32-23(2)7-5-8-24(32)3)19-20-38(30)18-6-9-29(25-10-14-27(34)15-11-25)26-12-16-28(35)17-13-26/h5,7-8,10-17,29-30H,4,6,9,18-22H2,1-3H3,(H,36,39). The molecule has 1 heterocycles. The second-order valence-corrected chi connectivity index (χ2v) is 10.7. The smallest absolute Gasteiger partial charge is 0.324 e. The number of carbonyl (C=O) groups is 2. The third-order valence-electron chi connectivity index (χ3n) is 7.73. The van der Waals surface area contributed by atoms with Crippen LogP contribution in [0.2, 0.25) is 0 Å². The van der Waals surface area contributed by atoms with E-state index in [-0.39, 0.29) is 42.6 Å². The number of para-hydroxylation sites is 1. The van der Waals surface area contributed by atoms with Crippen molar-refractivity contribution in [3.8, 4) is 0 Å². The number of piperazine rings is 1. The van der Waals surface area contributed by atoms with Gasteiger partial charge in [0.15, 0.2) is 0 Å². The van der Waals surface area contributed by atoms with Crippen LogP contribution in [-0.4, -0.2) is 67.0 Å². The summed E-state index contributed by atoms with van der Waals surface area (Å²) in [6.45, 7) is 8.53. The summed E-state index contributed by atoms with van der Waals surface area (Å²) in [5, 5.41) is 3.03. The van der Waals surface area contributed by atoms with Crippen LogP contribution in [0, 0.1) is 25.5 Å². The van der Waals surface area contributed by atoms with Gasteiger partial charge in [0.1, 0.15) is 17.7 Å². The Labute approximate surface area is 241 Å². The maximum atomic E-state index is 13.6. The summed E-state index contributed by atoms with van der Waals surface area (Å²) >= 11 is 0. The Balaban J connectivity index is 1.40. The fourth-order valence-corrected chi connectivity index (χ4v) is 5.56. The number of halogens is 2. The molecule has 1 unspecified atom stereocenters. The van der Waals surface area contributed by atoms with Gasteiger partial charge in [0.05, 0.1) is 13.2 Å². The Kier molecular flexibility index (Phi) is 10.6. The molecule has 218 valence electrons. The van der Waals surface area contributed by atoms with E-state index < -0.39 is 6.04 Å². The number of hydrogen-bond acceptors (Lipinski definition) is 5. The minimum atomic E-state index is -0.480. The largest absolute Gasteiger partial charge is 0.465 e. The summed E-state index contributed by atoms with van der Waals surface area (Å²) in [4.78, 5) is 30.0. The lowest BCUT2D eigenvalue weighted by Crippen LogP contribution is -2.58. The van der Waals surface area contributed by atoms with Crippen LogP contribution in [0.3, 0.4) is 0 Å². The van der Waals surface area contributed by atoms with Gasteiger partial charge in [0, 0.05) is 31.2 Å². The van der Waals surface area contributed by atoms with Gasteiger partial charge in [0.25, 0.3) is 0 Å². The Bertz CT molecular complexity index is 1250. The van der Waals surface area contributed by atoms with Crippen LogP contribution < -0.4 is 5.32 Å². The molecule has 0 aliphatic carbocycles. The number of rotatable bonds is 11. The lowest BCUT2D eigenvalue weighted by Gasteiger charge is -2.40. The SMILES string of the molecule is CCOC(=O)C1CN(CC(=O)Nc2c(C)cccc2C)CCN1CCCC(c1ccc(F)cc1)c1ccc(F)cc1. The van der Waals surface area contributed by atoms with Crippen molar-refractivity contribution in [1.82, 2.24) is 9.80 Å². The number of ether oxygens (including phenoxy) is 1. The highest BCUT2D eigenvalue weighted by molar-refractivity contribution is 5.93. The van der Waals surface area contributed by atoms with E-state index in [1.807, 2.05) is 36.9 Å². The predicted molar refractivity (Wildman–Crippen MR) is 157 cm³/mol. The molecule has 0 radical (unpaired) electrons. The molecule has 1 aliphatic rings. The van der Waals surface area contributed by atoms with Crippen molar-refractivity contribution in [2.75, 3.05) is 44.6 Å². The first-order valence-electron chi connectivity index (χ1n) is 14.2. The molecule has 3 aromatic carbocycles. The molecule has 3 aromatic rings. The van der Waals surface area contributed by atoms with Crippen LogP contribution in [0.1, 0.15) is 47.9 Å². The molecule has 1 aliphatic heterocycles. The number of nitrogens with zero attached hydrogens (tertiary/aromatic N) is 2. The zero-order valence-electron chi connectivity index (χ0n) is 24.0. The van der Waals surface area contributed by atoms with Gasteiger partial charge in [-0.15, -0.1) is 0 Å². The second kappa shape index (κ2) is 14.3. The molecule has 0 saturated carbocycles. The summed E-state index contributed by atoms with van der Waals surface area (Å²) in [5.41, 5.74) is 4.76. The third kappa shape index (κ3) is 8.21. The monoisotopic (exact) mass is 563 g/mol. The fourth-order valence-electron chi connectivity index (χ4n) is 5.56. The highest BCUT2D eigenvalue weighted by Crippen LogP contribution is 2.30. The predicted octanol–water partition coefficient (Wildman–Crippen LogP) is 5.68. The summed E-state index contributed by atoms with van der Waals surface area (Å²) in [6.07, 6.45) is 1.51. The van der Waals surface area contributed by atoms with Gasteiger partial charge in [-0.2, -0.15) is 0 Å². The summed E-state index contributed by atoms with van der Waals surface area (Å²) in [5.74, 6) is -1.04. The van der Waals surface area contributed by atoms with Crippen molar-refractivity contribution < 1.29 is 23.1 Å². The molecule has 0 bridgehead atoms. The van der Waals surface area contributed by atoms with Gasteiger partial charge in [-0.25, -0.2) is 8.78 Å². The molecule has 0 aromatic heterocycles. The van der Waals surface area contributed by atoms with E-state index in [0.717, 1.165) is 40.8 Å². The van der Waals surface area contributed by atoms with Crippen molar-refractivity contribution in [1.29, 1.82) is 0 Å². The summed E-state index contributed by atoms with van der Waals surface area (Å²) in [6, 6.07) is 18.3. The highest BCUT2D eigenvalue weighted by atomic mass is 19.1. The Hall–Kier alpha value is -3.62. The quantitative estimate of drug-likeness (QED) is 0.304. The molecule has 1 amide bonds. The molecule has 41 heavy (non-hydrogen) atoms.